The van der Waals surface area contributed by atoms with Gasteiger partial charge >= 0.3 is 29.8 Å². The lowest BCUT2D eigenvalue weighted by atomic mass is 9.85. The van der Waals surface area contributed by atoms with E-state index in [-0.39, 0.29) is 63.2 Å². The lowest BCUT2D eigenvalue weighted by Crippen LogP contribution is -2.47. The molecule has 0 aromatic carbocycles. The minimum Gasteiger partial charge on any atom is -0.464 e. The number of hydrogen-bond acceptors (Lipinski definition) is 14. The number of fused-ring (bicyclic) bond motifs is 5. The average Bonchev–Trinajstić information content (AvgIpc) is 3.82. The smallest absolute Gasteiger partial charge is 0.322 e. The van der Waals surface area contributed by atoms with Crippen molar-refractivity contribution in [3.63, 3.8) is 0 Å². The summed E-state index contributed by atoms with van der Waals surface area (Å²) in [4.78, 5) is 95.1. The first-order valence-electron chi connectivity index (χ1n) is 20.0. The number of rotatable bonds is 24. The average molecular weight is 1120 g/mol. The Morgan fingerprint density at radius 2 is 0.820 bits per heavy atom. The van der Waals surface area contributed by atoms with Gasteiger partial charge in [0.1, 0.15) is 57.9 Å². The molecule has 15 nitrogen and oxygen atoms in total. The third-order valence-corrected chi connectivity index (χ3v) is 11.5. The number of imide groups is 1. The fourth-order valence-corrected chi connectivity index (χ4v) is 7.25. The number of nitrogens with zero attached hydrogens (tertiary/aromatic N) is 1. The van der Waals surface area contributed by atoms with Gasteiger partial charge in [0.05, 0.1) is 44.8 Å². The van der Waals surface area contributed by atoms with Crippen LogP contribution >= 0.6 is 63.7 Å². The number of esters is 5. The van der Waals surface area contributed by atoms with Crippen LogP contribution in [0.5, 0.6) is 0 Å². The van der Waals surface area contributed by atoms with Crippen LogP contribution < -0.4 is 0 Å². The van der Waals surface area contributed by atoms with E-state index in [4.69, 9.17) is 33.2 Å². The molecular weight excluding hydrogens is 1060 g/mol. The molecule has 1 saturated carbocycles. The Kier molecular flexibility index (Phi) is 17.9. The van der Waals surface area contributed by atoms with E-state index in [1.807, 2.05) is 39.8 Å². The molecule has 3 aliphatic rings. The van der Waals surface area contributed by atoms with Gasteiger partial charge in [-0.25, -0.2) is 0 Å². The highest BCUT2D eigenvalue weighted by molar-refractivity contribution is 9.10. The second kappa shape index (κ2) is 20.5. The Labute approximate surface area is 392 Å². The molecule has 6 unspecified atom stereocenters. The van der Waals surface area contributed by atoms with Crippen LogP contribution in [-0.4, -0.2) is 130 Å². The van der Waals surface area contributed by atoms with Gasteiger partial charge in [-0.2, -0.15) is 0 Å². The maximum Gasteiger partial charge on any atom is 0.322 e. The highest BCUT2D eigenvalue weighted by Gasteiger charge is 2.59. The van der Waals surface area contributed by atoms with Gasteiger partial charge in [-0.1, -0.05) is 75.9 Å². The zero-order valence-electron chi connectivity index (χ0n) is 36.9. The van der Waals surface area contributed by atoms with Crippen molar-refractivity contribution < 1.29 is 66.7 Å². The number of halogens is 4. The maximum atomic E-state index is 14.0. The first-order chi connectivity index (χ1) is 27.7. The van der Waals surface area contributed by atoms with Crippen molar-refractivity contribution >= 4 is 105 Å². The van der Waals surface area contributed by atoms with E-state index in [1.165, 1.54) is 20.8 Å². The molecule has 0 spiro atoms. The maximum absolute atomic E-state index is 14.0. The lowest BCUT2D eigenvalue weighted by Gasteiger charge is -2.33. The molecule has 0 N–H and O–H groups in total. The molecule has 0 aromatic heterocycles. The van der Waals surface area contributed by atoms with E-state index < -0.39 is 102 Å². The molecule has 1 heterocycles. The van der Waals surface area contributed by atoms with Gasteiger partial charge < -0.3 is 33.2 Å². The molecule has 1 aliphatic heterocycles. The van der Waals surface area contributed by atoms with Crippen LogP contribution in [0.1, 0.15) is 82.6 Å². The largest absolute Gasteiger partial charge is 0.464 e. The molecule has 0 radical (unpaired) electrons. The molecule has 346 valence electrons. The van der Waals surface area contributed by atoms with E-state index >= 15 is 0 Å². The van der Waals surface area contributed by atoms with E-state index in [1.54, 1.807) is 27.7 Å². The highest BCUT2D eigenvalue weighted by atomic mass is 79.9. The third kappa shape index (κ3) is 14.8. The Hall–Kier alpha value is -1.93. The van der Waals surface area contributed by atoms with Gasteiger partial charge in [0.15, 0.2) is 0 Å². The SMILES string of the molecule is CC(C)(Br)COCC(C)(COC(=O)C(C)(C)Br)C(=O)OCC(C)(COC(=O)C(C)(COCC(C)(C)Br)COC(=O)C(C)(C)Br)C(=O)OCCN1C(=O)C2C3C=CC(C3)C2C1=O. The van der Waals surface area contributed by atoms with Gasteiger partial charge in [-0.3, -0.25) is 38.5 Å². The number of ether oxygens (including phenoxy) is 7. The van der Waals surface area contributed by atoms with Crippen LogP contribution in [0.2, 0.25) is 0 Å². The fraction of sp³-hybridized carbons (Fsp3) is 0.786. The summed E-state index contributed by atoms with van der Waals surface area (Å²) in [7, 11) is 0. The first kappa shape index (κ1) is 53.4. The van der Waals surface area contributed by atoms with Crippen LogP contribution in [0.15, 0.2) is 12.2 Å². The molecule has 19 heteroatoms. The van der Waals surface area contributed by atoms with Crippen molar-refractivity contribution in [2.24, 2.45) is 39.9 Å². The van der Waals surface area contributed by atoms with Crippen molar-refractivity contribution in [2.45, 2.75) is 99.9 Å². The number of hydrogen-bond donors (Lipinski definition) is 0. The number of carbonyl (C=O) groups is 7. The minimum atomic E-state index is -1.87. The molecule has 6 atom stereocenters. The number of amides is 2. The van der Waals surface area contributed by atoms with E-state index in [2.05, 4.69) is 63.7 Å². The second-order valence-corrected chi connectivity index (χ2v) is 27.6. The Bertz CT molecular complexity index is 1590. The first-order valence-corrected chi connectivity index (χ1v) is 23.2. The van der Waals surface area contributed by atoms with E-state index in [0.717, 1.165) is 11.3 Å². The summed E-state index contributed by atoms with van der Waals surface area (Å²) in [6.07, 6.45) is 4.72. The number of allylic oxidation sites excluding steroid dienone is 2. The number of carbonyl (C=O) groups excluding carboxylic acids is 7. The summed E-state index contributed by atoms with van der Waals surface area (Å²) in [5.41, 5.74) is -5.00. The van der Waals surface area contributed by atoms with Crippen LogP contribution in [0.25, 0.3) is 0 Å². The summed E-state index contributed by atoms with van der Waals surface area (Å²) in [5.74, 6) is -5.53. The molecule has 3 rings (SSSR count). The van der Waals surface area contributed by atoms with Crippen molar-refractivity contribution in [2.75, 3.05) is 66.0 Å². The van der Waals surface area contributed by atoms with E-state index in [0.29, 0.717) is 0 Å². The molecule has 61 heavy (non-hydrogen) atoms. The normalized spacial score (nSPS) is 23.1. The van der Waals surface area contributed by atoms with Crippen LogP contribution in [0.4, 0.5) is 0 Å². The Morgan fingerprint density at radius 1 is 0.508 bits per heavy atom. The van der Waals surface area contributed by atoms with Gasteiger partial charge in [-0.15, -0.1) is 0 Å². The van der Waals surface area contributed by atoms with Gasteiger partial charge in [0, 0.05) is 8.65 Å². The summed E-state index contributed by atoms with van der Waals surface area (Å²) in [6.45, 7) is 15.2. The topological polar surface area (TPSA) is 187 Å². The lowest BCUT2D eigenvalue weighted by molar-refractivity contribution is -0.182. The summed E-state index contributed by atoms with van der Waals surface area (Å²) >= 11 is 13.5. The molecule has 2 amide bonds. The van der Waals surface area contributed by atoms with Crippen LogP contribution in [-0.2, 0) is 66.7 Å². The minimum absolute atomic E-state index is 0.000256. The zero-order valence-corrected chi connectivity index (χ0v) is 43.3. The molecular formula is C42H61Br4NO14. The molecule has 1 saturated heterocycles. The molecule has 2 aliphatic carbocycles. The summed E-state index contributed by atoms with van der Waals surface area (Å²) < 4.78 is 36.8. The third-order valence-electron chi connectivity index (χ3n) is 10.4. The number of alkyl halides is 4. The van der Waals surface area contributed by atoms with Crippen molar-refractivity contribution in [1.82, 2.24) is 4.90 Å². The van der Waals surface area contributed by atoms with Crippen molar-refractivity contribution in [1.29, 1.82) is 0 Å². The quantitative estimate of drug-likeness (QED) is 0.0347. The van der Waals surface area contributed by atoms with Gasteiger partial charge in [-0.05, 0) is 94.4 Å². The van der Waals surface area contributed by atoms with E-state index in [9.17, 15) is 33.6 Å². The predicted octanol–water partition coefficient (Wildman–Crippen LogP) is 6.26. The van der Waals surface area contributed by atoms with Crippen LogP contribution in [0, 0.1) is 39.9 Å². The molecule has 0 aromatic rings. The Balaban J connectivity index is 1.85. The fourth-order valence-electron chi connectivity index (χ4n) is 6.70. The second-order valence-electron chi connectivity index (χ2n) is 19.3. The van der Waals surface area contributed by atoms with Gasteiger partial charge in [0.2, 0.25) is 11.8 Å². The summed E-state index contributed by atoms with van der Waals surface area (Å²) in [5, 5.41) is 0. The highest BCUT2D eigenvalue weighted by Crippen LogP contribution is 2.52. The summed E-state index contributed by atoms with van der Waals surface area (Å²) in [6, 6.07) is 0. The molecule has 2 bridgehead atoms. The zero-order chi connectivity index (χ0) is 46.6. The van der Waals surface area contributed by atoms with Crippen molar-refractivity contribution in [3.05, 3.63) is 12.2 Å². The van der Waals surface area contributed by atoms with Crippen LogP contribution in [0.3, 0.4) is 0 Å². The standard InChI is InChI=1S/C42H61Br4NO14/c1-36(2,43)17-55-19-40(9,21-58-31(50)38(5,6)45)34(53)60-23-42(11,33(52)57-15-14-47-29(48)27-25-12-13-26(16-25)28(27)30(47)49)24-61-35(54)41(10,20-56-18-37(3,4)44)22-59-32(51)39(7,8)46/h12-13,25-28H,14-24H2,1-11H3. The number of likely N-dealkylation sites (tertiary alicyclic amines) is 1. The molecule has 2 fully saturated rings. The monoisotopic (exact) mass is 1120 g/mol. The Morgan fingerprint density at radius 3 is 1.15 bits per heavy atom. The predicted molar refractivity (Wildman–Crippen MR) is 237 cm³/mol. The van der Waals surface area contributed by atoms with Crippen molar-refractivity contribution in [3.8, 4) is 0 Å². The van der Waals surface area contributed by atoms with Gasteiger partial charge in [0.25, 0.3) is 0 Å².